The number of carboxylic acid groups (broad SMARTS) is 1. The number of hydrogen-bond donors (Lipinski definition) is 2. The lowest BCUT2D eigenvalue weighted by Crippen LogP contribution is -2.52. The van der Waals surface area contributed by atoms with Crippen LogP contribution in [0.5, 0.6) is 5.75 Å². The average molecular weight is 501 g/mol. The van der Waals surface area contributed by atoms with Crippen molar-refractivity contribution < 1.29 is 33.8 Å². The molecule has 3 amide bonds. The van der Waals surface area contributed by atoms with E-state index >= 15 is 0 Å². The van der Waals surface area contributed by atoms with E-state index in [0.717, 1.165) is 24.0 Å². The summed E-state index contributed by atoms with van der Waals surface area (Å²) in [5.41, 5.74) is 2.43. The number of carbonyl (C=O) groups is 4. The number of pyridine rings is 1. The number of fused-ring (bicyclic) bond motifs is 1. The van der Waals surface area contributed by atoms with Gasteiger partial charge < -0.3 is 29.7 Å². The van der Waals surface area contributed by atoms with Crippen LogP contribution in [0.2, 0.25) is 0 Å². The lowest BCUT2D eigenvalue weighted by atomic mass is 10.0. The van der Waals surface area contributed by atoms with Crippen LogP contribution in [0.1, 0.15) is 41.4 Å². The number of benzene rings is 1. The molecule has 0 saturated carbocycles. The summed E-state index contributed by atoms with van der Waals surface area (Å²) in [6, 6.07) is 5.01. The Morgan fingerprint density at radius 1 is 1.03 bits per heavy atom. The molecule has 11 nitrogen and oxygen atoms in total. The van der Waals surface area contributed by atoms with E-state index in [1.54, 1.807) is 15.9 Å². The highest BCUT2D eigenvalue weighted by molar-refractivity contribution is 5.99. The summed E-state index contributed by atoms with van der Waals surface area (Å²) in [6.07, 6.45) is 1.37. The van der Waals surface area contributed by atoms with Crippen molar-refractivity contribution in [2.45, 2.75) is 33.6 Å². The number of piperazine rings is 1. The molecule has 0 spiro atoms. The van der Waals surface area contributed by atoms with E-state index in [0.29, 0.717) is 43.7 Å². The quantitative estimate of drug-likeness (QED) is 0.500. The van der Waals surface area contributed by atoms with Crippen molar-refractivity contribution in [2.24, 2.45) is 0 Å². The molecule has 1 aromatic carbocycles. The Kier molecular flexibility index (Phi) is 9.04. The highest BCUT2D eigenvalue weighted by atomic mass is 16.6. The minimum atomic E-state index is -1.14. The first kappa shape index (κ1) is 26.7. The Morgan fingerprint density at radius 3 is 2.36 bits per heavy atom. The number of carboxylic acids is 1. The molecule has 0 aliphatic carbocycles. The molecule has 2 N–H and O–H groups in total. The van der Waals surface area contributed by atoms with E-state index in [4.69, 9.17) is 14.6 Å². The predicted octanol–water partition coefficient (Wildman–Crippen LogP) is 2.13. The van der Waals surface area contributed by atoms with E-state index in [2.05, 4.69) is 10.3 Å². The van der Waals surface area contributed by atoms with E-state index < -0.39 is 18.5 Å². The summed E-state index contributed by atoms with van der Waals surface area (Å²) in [6.45, 7) is 6.82. The number of aliphatic carboxylic acids is 1. The molecule has 2 heterocycles. The van der Waals surface area contributed by atoms with Gasteiger partial charge in [-0.1, -0.05) is 13.3 Å². The number of carbonyl (C=O) groups excluding carboxylic acids is 3. The molecule has 1 aliphatic rings. The summed E-state index contributed by atoms with van der Waals surface area (Å²) in [5.74, 6) is -1.78. The zero-order valence-electron chi connectivity index (χ0n) is 20.8. The van der Waals surface area contributed by atoms with Gasteiger partial charge in [-0.25, -0.2) is 14.6 Å². The van der Waals surface area contributed by atoms with Crippen LogP contribution in [0.4, 0.5) is 4.79 Å². The van der Waals surface area contributed by atoms with Crippen LogP contribution in [0.3, 0.4) is 0 Å². The number of rotatable bonds is 9. The van der Waals surface area contributed by atoms with Crippen LogP contribution in [0, 0.1) is 13.8 Å². The van der Waals surface area contributed by atoms with Crippen molar-refractivity contribution in [1.82, 2.24) is 20.1 Å². The molecular formula is C25H32N4O7. The Balaban J connectivity index is 1.61. The molecule has 11 heteroatoms. The van der Waals surface area contributed by atoms with Gasteiger partial charge >= 0.3 is 12.1 Å². The Bertz CT molecular complexity index is 1140. The maximum atomic E-state index is 12.8. The Labute approximate surface area is 209 Å². The van der Waals surface area contributed by atoms with Gasteiger partial charge in [0.05, 0.1) is 18.7 Å². The van der Waals surface area contributed by atoms with Crippen molar-refractivity contribution >= 4 is 34.8 Å². The molecule has 1 aromatic heterocycles. The molecule has 194 valence electrons. The highest BCUT2D eigenvalue weighted by Crippen LogP contribution is 2.28. The zero-order chi connectivity index (χ0) is 26.2. The summed E-state index contributed by atoms with van der Waals surface area (Å²) in [5, 5.41) is 12.2. The second-order valence-electron chi connectivity index (χ2n) is 8.66. The highest BCUT2D eigenvalue weighted by Gasteiger charge is 2.25. The number of nitrogens with zero attached hydrogens (tertiary/aromatic N) is 3. The van der Waals surface area contributed by atoms with E-state index in [1.807, 2.05) is 26.8 Å². The van der Waals surface area contributed by atoms with E-state index in [1.165, 1.54) is 6.07 Å². The second kappa shape index (κ2) is 12.2. The van der Waals surface area contributed by atoms with E-state index in [-0.39, 0.29) is 30.0 Å². The minimum Gasteiger partial charge on any atom is -0.481 e. The molecule has 0 atom stereocenters. The summed E-state index contributed by atoms with van der Waals surface area (Å²) in [4.78, 5) is 56.0. The summed E-state index contributed by atoms with van der Waals surface area (Å²) < 4.78 is 10.6. The SMILES string of the molecule is CCCCOC(=O)N1CCN(C(=O)CNC(=O)c2cc(OCC(=O)O)c3cc(C)c(C)cc3n2)CC1. The molecule has 36 heavy (non-hydrogen) atoms. The average Bonchev–Trinajstić information content (AvgIpc) is 2.86. The number of hydrogen-bond acceptors (Lipinski definition) is 7. The number of amides is 3. The molecule has 1 saturated heterocycles. The molecule has 0 bridgehead atoms. The van der Waals surface area contributed by atoms with Crippen LogP contribution in [-0.4, -0.2) is 89.7 Å². The topological polar surface area (TPSA) is 138 Å². The van der Waals surface area contributed by atoms with E-state index in [9.17, 15) is 19.2 Å². The third-order valence-corrected chi connectivity index (χ3v) is 5.98. The van der Waals surface area contributed by atoms with Crippen LogP contribution >= 0.6 is 0 Å². The number of unbranched alkanes of at least 4 members (excludes halogenated alkanes) is 1. The minimum absolute atomic E-state index is 0.0126. The van der Waals surface area contributed by atoms with Crippen molar-refractivity contribution in [3.05, 3.63) is 35.0 Å². The fraction of sp³-hybridized carbons (Fsp3) is 0.480. The van der Waals surface area contributed by atoms with Crippen LogP contribution in [0.25, 0.3) is 10.9 Å². The summed E-state index contributed by atoms with van der Waals surface area (Å²) in [7, 11) is 0. The largest absolute Gasteiger partial charge is 0.481 e. The van der Waals surface area contributed by atoms with Gasteiger partial charge in [-0.05, 0) is 43.5 Å². The maximum Gasteiger partial charge on any atom is 0.409 e. The molecule has 3 rings (SSSR count). The van der Waals surface area contributed by atoms with Crippen molar-refractivity contribution in [1.29, 1.82) is 0 Å². The van der Waals surface area contributed by atoms with Gasteiger partial charge in [-0.2, -0.15) is 0 Å². The molecular weight excluding hydrogens is 468 g/mol. The fourth-order valence-electron chi connectivity index (χ4n) is 3.72. The molecule has 1 fully saturated rings. The second-order valence-corrected chi connectivity index (χ2v) is 8.66. The third-order valence-electron chi connectivity index (χ3n) is 5.98. The van der Waals surface area contributed by atoms with Gasteiger partial charge in [-0.3, -0.25) is 9.59 Å². The number of aromatic nitrogens is 1. The number of nitrogens with one attached hydrogen (secondary N) is 1. The Hall–Kier alpha value is -3.89. The fourth-order valence-corrected chi connectivity index (χ4v) is 3.72. The first-order chi connectivity index (χ1) is 17.2. The summed E-state index contributed by atoms with van der Waals surface area (Å²) >= 11 is 0. The van der Waals surface area contributed by atoms with Crippen LogP contribution in [-0.2, 0) is 14.3 Å². The van der Waals surface area contributed by atoms with Crippen LogP contribution in [0.15, 0.2) is 18.2 Å². The van der Waals surface area contributed by atoms with Crippen molar-refractivity contribution in [3.63, 3.8) is 0 Å². The first-order valence-corrected chi connectivity index (χ1v) is 11.9. The monoisotopic (exact) mass is 500 g/mol. The lowest BCUT2D eigenvalue weighted by Gasteiger charge is -2.34. The van der Waals surface area contributed by atoms with Gasteiger partial charge in [-0.15, -0.1) is 0 Å². The lowest BCUT2D eigenvalue weighted by molar-refractivity contribution is -0.139. The molecule has 0 unspecified atom stereocenters. The van der Waals surface area contributed by atoms with Gasteiger partial charge in [0.15, 0.2) is 6.61 Å². The first-order valence-electron chi connectivity index (χ1n) is 11.9. The maximum absolute atomic E-state index is 12.8. The number of ether oxygens (including phenoxy) is 2. The Morgan fingerprint density at radius 2 is 1.69 bits per heavy atom. The molecule has 0 radical (unpaired) electrons. The van der Waals surface area contributed by atoms with Gasteiger partial charge in [0.1, 0.15) is 11.4 Å². The number of aryl methyl sites for hydroxylation is 2. The predicted molar refractivity (Wildman–Crippen MR) is 131 cm³/mol. The third kappa shape index (κ3) is 6.83. The van der Waals surface area contributed by atoms with Crippen LogP contribution < -0.4 is 10.1 Å². The van der Waals surface area contributed by atoms with Gasteiger partial charge in [0, 0.05) is 37.6 Å². The van der Waals surface area contributed by atoms with Crippen molar-refractivity contribution in [3.8, 4) is 5.75 Å². The zero-order valence-corrected chi connectivity index (χ0v) is 20.8. The van der Waals surface area contributed by atoms with Crippen molar-refractivity contribution in [2.75, 3.05) is 45.9 Å². The molecule has 2 aromatic rings. The molecule has 1 aliphatic heterocycles. The van der Waals surface area contributed by atoms with Gasteiger partial charge in [0.2, 0.25) is 5.91 Å². The normalized spacial score (nSPS) is 13.4. The standard InChI is InChI=1S/C25H32N4O7/c1-4-5-10-35-25(34)29-8-6-28(7-9-29)22(30)14-26-24(33)20-13-21(36-15-23(31)32)18-11-16(2)17(3)12-19(18)27-20/h11-13H,4-10,14-15H2,1-3H3,(H,26,33)(H,31,32). The smallest absolute Gasteiger partial charge is 0.409 e. The van der Waals surface area contributed by atoms with Gasteiger partial charge in [0.25, 0.3) is 5.91 Å².